The average molecular weight is 631 g/mol. The molecule has 0 fully saturated rings. The van der Waals surface area contributed by atoms with E-state index < -0.39 is 6.04 Å². The number of thiazole rings is 1. The number of allylic oxidation sites excluding steroid dienone is 1. The van der Waals surface area contributed by atoms with E-state index >= 15 is 0 Å². The molecule has 1 aliphatic heterocycles. The first-order chi connectivity index (χ1) is 19.4. The Bertz CT molecular complexity index is 1960. The standard InChI is InChI=1S/C31H21BrClN3O3S/c1-18-27(29(37)35-23-8-3-2-4-9-23)28(19-10-12-21(32)13-11-19)36-30(38)26(40-31(36)34-18)17-24-14-15-25(39-24)20-6-5-7-22(33)16-20/h2-17,28H,1H3,(H,35,37). The van der Waals surface area contributed by atoms with Gasteiger partial charge in [-0.1, -0.05) is 81.3 Å². The highest BCUT2D eigenvalue weighted by Crippen LogP contribution is 2.31. The molecule has 0 aliphatic carbocycles. The van der Waals surface area contributed by atoms with Crippen LogP contribution in [0.3, 0.4) is 0 Å². The van der Waals surface area contributed by atoms with Crippen LogP contribution in [0.5, 0.6) is 0 Å². The van der Waals surface area contributed by atoms with Crippen molar-refractivity contribution in [3.05, 3.63) is 143 Å². The lowest BCUT2D eigenvalue weighted by Crippen LogP contribution is -2.40. The maximum Gasteiger partial charge on any atom is 0.271 e. The molecule has 1 unspecified atom stereocenters. The molecule has 198 valence electrons. The average Bonchev–Trinajstić information content (AvgIpc) is 3.53. The fourth-order valence-electron chi connectivity index (χ4n) is 4.65. The van der Waals surface area contributed by atoms with Crippen LogP contribution >= 0.6 is 38.9 Å². The number of furan rings is 1. The lowest BCUT2D eigenvalue weighted by molar-refractivity contribution is -0.113. The van der Waals surface area contributed by atoms with E-state index in [9.17, 15) is 9.59 Å². The zero-order chi connectivity index (χ0) is 27.8. The zero-order valence-corrected chi connectivity index (χ0v) is 24.3. The molecule has 0 saturated heterocycles. The lowest BCUT2D eigenvalue weighted by Gasteiger charge is -2.25. The second-order valence-corrected chi connectivity index (χ2v) is 11.5. The summed E-state index contributed by atoms with van der Waals surface area (Å²) in [7, 11) is 0. The SMILES string of the molecule is CC1=C(C(=O)Nc2ccccc2)C(c2ccc(Br)cc2)n2c(sc(=Cc3ccc(-c4cccc(Cl)c4)o3)c2=O)=N1. The van der Waals surface area contributed by atoms with Crippen LogP contribution in [0.2, 0.25) is 5.02 Å². The Labute approximate surface area is 246 Å². The third-order valence-electron chi connectivity index (χ3n) is 6.49. The number of nitrogens with one attached hydrogen (secondary N) is 1. The molecule has 0 spiro atoms. The molecule has 40 heavy (non-hydrogen) atoms. The normalized spacial score (nSPS) is 15.1. The van der Waals surface area contributed by atoms with Crippen molar-refractivity contribution in [1.82, 2.24) is 4.57 Å². The highest BCUT2D eigenvalue weighted by atomic mass is 79.9. The molecule has 3 heterocycles. The molecule has 1 aliphatic rings. The number of para-hydroxylation sites is 1. The first kappa shape index (κ1) is 26.3. The van der Waals surface area contributed by atoms with Gasteiger partial charge in [0.25, 0.3) is 11.5 Å². The summed E-state index contributed by atoms with van der Waals surface area (Å²) in [5, 5.41) is 3.57. The number of aromatic nitrogens is 1. The van der Waals surface area contributed by atoms with Crippen LogP contribution < -0.4 is 20.2 Å². The predicted octanol–water partition coefficient (Wildman–Crippen LogP) is 6.55. The summed E-state index contributed by atoms with van der Waals surface area (Å²) in [6, 6.07) is 27.2. The topological polar surface area (TPSA) is 76.6 Å². The minimum atomic E-state index is -0.658. The van der Waals surface area contributed by atoms with Gasteiger partial charge in [0.1, 0.15) is 11.5 Å². The zero-order valence-electron chi connectivity index (χ0n) is 21.1. The van der Waals surface area contributed by atoms with Gasteiger partial charge >= 0.3 is 0 Å². The van der Waals surface area contributed by atoms with Crippen LogP contribution in [0, 0.1) is 0 Å². The summed E-state index contributed by atoms with van der Waals surface area (Å²) in [6.45, 7) is 1.80. The van der Waals surface area contributed by atoms with Gasteiger partial charge in [-0.3, -0.25) is 14.2 Å². The second-order valence-electron chi connectivity index (χ2n) is 9.17. The fourth-order valence-corrected chi connectivity index (χ4v) is 6.13. The second kappa shape index (κ2) is 10.9. The van der Waals surface area contributed by atoms with Gasteiger partial charge in [-0.15, -0.1) is 0 Å². The van der Waals surface area contributed by atoms with E-state index in [0.29, 0.717) is 42.8 Å². The minimum absolute atomic E-state index is 0.255. The van der Waals surface area contributed by atoms with Crippen LogP contribution in [-0.2, 0) is 4.79 Å². The van der Waals surface area contributed by atoms with Crippen molar-refractivity contribution in [1.29, 1.82) is 0 Å². The fraction of sp³-hybridized carbons (Fsp3) is 0.0645. The summed E-state index contributed by atoms with van der Waals surface area (Å²) >= 11 is 10.9. The summed E-state index contributed by atoms with van der Waals surface area (Å²) in [4.78, 5) is 32.7. The first-order valence-corrected chi connectivity index (χ1v) is 14.4. The molecule has 1 N–H and O–H groups in total. The maximum absolute atomic E-state index is 13.9. The van der Waals surface area contributed by atoms with E-state index in [2.05, 4.69) is 21.2 Å². The van der Waals surface area contributed by atoms with E-state index in [0.717, 1.165) is 15.6 Å². The van der Waals surface area contributed by atoms with E-state index in [1.807, 2.05) is 84.9 Å². The molecule has 2 aromatic heterocycles. The van der Waals surface area contributed by atoms with Crippen molar-refractivity contribution < 1.29 is 9.21 Å². The number of benzene rings is 3. The van der Waals surface area contributed by atoms with E-state index in [-0.39, 0.29) is 11.5 Å². The van der Waals surface area contributed by atoms with Gasteiger partial charge in [0.15, 0.2) is 4.80 Å². The molecule has 9 heteroatoms. The van der Waals surface area contributed by atoms with Crippen molar-refractivity contribution in [3.8, 4) is 11.3 Å². The summed E-state index contributed by atoms with van der Waals surface area (Å²) in [5.41, 5.74) is 3.00. The third-order valence-corrected chi connectivity index (χ3v) is 8.24. The third kappa shape index (κ3) is 5.13. The maximum atomic E-state index is 13.9. The van der Waals surface area contributed by atoms with Crippen molar-refractivity contribution in [2.24, 2.45) is 4.99 Å². The van der Waals surface area contributed by atoms with Crippen LogP contribution in [-0.4, -0.2) is 10.5 Å². The number of anilines is 1. The molecule has 1 amide bonds. The molecule has 3 aromatic carbocycles. The van der Waals surface area contributed by atoms with Gasteiger partial charge in [0, 0.05) is 26.8 Å². The molecular formula is C31H21BrClN3O3S. The van der Waals surface area contributed by atoms with Crippen LogP contribution in [0.15, 0.2) is 121 Å². The molecule has 0 bridgehead atoms. The number of fused-ring (bicyclic) bond motifs is 1. The number of carbonyl (C=O) groups is 1. The highest BCUT2D eigenvalue weighted by molar-refractivity contribution is 9.10. The van der Waals surface area contributed by atoms with Crippen LogP contribution in [0.4, 0.5) is 5.69 Å². The molecule has 5 aromatic rings. The molecule has 0 saturated carbocycles. The highest BCUT2D eigenvalue weighted by Gasteiger charge is 2.32. The van der Waals surface area contributed by atoms with Crippen molar-refractivity contribution >= 4 is 56.5 Å². The quantitative estimate of drug-likeness (QED) is 0.239. The van der Waals surface area contributed by atoms with E-state index in [1.54, 1.807) is 23.6 Å². The largest absolute Gasteiger partial charge is 0.457 e. The Morgan fingerprint density at radius 1 is 1.05 bits per heavy atom. The Hall–Kier alpha value is -3.98. The number of amides is 1. The van der Waals surface area contributed by atoms with Crippen molar-refractivity contribution in [2.75, 3.05) is 5.32 Å². The predicted molar refractivity (Wildman–Crippen MR) is 162 cm³/mol. The Morgan fingerprint density at radius 3 is 2.58 bits per heavy atom. The number of hydrogen-bond acceptors (Lipinski definition) is 5. The van der Waals surface area contributed by atoms with Gasteiger partial charge in [-0.05, 0) is 61.0 Å². The number of hydrogen-bond donors (Lipinski definition) is 1. The number of halogens is 2. The van der Waals surface area contributed by atoms with Crippen molar-refractivity contribution in [2.45, 2.75) is 13.0 Å². The Balaban J connectivity index is 1.45. The van der Waals surface area contributed by atoms with Crippen LogP contribution in [0.1, 0.15) is 24.3 Å². The molecule has 6 nitrogen and oxygen atoms in total. The molecule has 1 atom stereocenters. The van der Waals surface area contributed by atoms with Gasteiger partial charge in [-0.2, -0.15) is 0 Å². The number of nitrogens with zero attached hydrogens (tertiary/aromatic N) is 2. The smallest absolute Gasteiger partial charge is 0.271 e. The Kier molecular flexibility index (Phi) is 7.14. The minimum Gasteiger partial charge on any atom is -0.457 e. The number of rotatable bonds is 5. The van der Waals surface area contributed by atoms with Gasteiger partial charge < -0.3 is 9.73 Å². The van der Waals surface area contributed by atoms with Gasteiger partial charge in [0.2, 0.25) is 0 Å². The van der Waals surface area contributed by atoms with Crippen LogP contribution in [0.25, 0.3) is 17.4 Å². The van der Waals surface area contributed by atoms with Crippen molar-refractivity contribution in [3.63, 3.8) is 0 Å². The first-order valence-electron chi connectivity index (χ1n) is 12.4. The molecule has 0 radical (unpaired) electrons. The summed E-state index contributed by atoms with van der Waals surface area (Å²) in [5.74, 6) is 0.856. The summed E-state index contributed by atoms with van der Waals surface area (Å²) < 4.78 is 8.96. The lowest BCUT2D eigenvalue weighted by atomic mass is 9.95. The van der Waals surface area contributed by atoms with Gasteiger partial charge in [0.05, 0.1) is 21.8 Å². The number of carbonyl (C=O) groups excluding carboxylic acids is 1. The van der Waals surface area contributed by atoms with Gasteiger partial charge in [-0.25, -0.2) is 4.99 Å². The summed E-state index contributed by atoms with van der Waals surface area (Å²) in [6.07, 6.45) is 1.71. The molecular weight excluding hydrogens is 610 g/mol. The van der Waals surface area contributed by atoms with E-state index in [1.165, 1.54) is 11.3 Å². The monoisotopic (exact) mass is 629 g/mol. The Morgan fingerprint density at radius 2 is 1.82 bits per heavy atom. The van der Waals surface area contributed by atoms with E-state index in [4.69, 9.17) is 21.0 Å². The molecule has 6 rings (SSSR count).